The minimum atomic E-state index is -0.422. The summed E-state index contributed by atoms with van der Waals surface area (Å²) in [4.78, 5) is 26.0. The molecule has 0 N–H and O–H groups in total. The summed E-state index contributed by atoms with van der Waals surface area (Å²) >= 11 is 0. The van der Waals surface area contributed by atoms with E-state index in [2.05, 4.69) is 25.8 Å². The fourth-order valence-corrected chi connectivity index (χ4v) is 4.02. The standard InChI is InChI=1S/C24H25N5O4/c1-4-33-24(30)19-15-26-22-18(12-17(31-2)13-20(22)32-3)23(19)29-10-8-28(9-11-29)21-7-5-6-16(14-25)27-21/h5-7,12-13,15H,4,8-11H2,1-3H3. The number of hydrogen-bond acceptors (Lipinski definition) is 9. The van der Waals surface area contributed by atoms with Crippen molar-refractivity contribution in [1.82, 2.24) is 9.97 Å². The highest BCUT2D eigenvalue weighted by molar-refractivity contribution is 6.07. The number of ether oxygens (including phenoxy) is 3. The Labute approximate surface area is 192 Å². The van der Waals surface area contributed by atoms with Crippen molar-refractivity contribution in [2.45, 2.75) is 6.92 Å². The third kappa shape index (κ3) is 4.32. The van der Waals surface area contributed by atoms with Crippen LogP contribution in [0, 0.1) is 11.3 Å². The van der Waals surface area contributed by atoms with Crippen molar-refractivity contribution in [2.24, 2.45) is 0 Å². The molecule has 170 valence electrons. The molecule has 0 spiro atoms. The van der Waals surface area contributed by atoms with E-state index in [0.717, 1.165) is 16.9 Å². The Morgan fingerprint density at radius 2 is 1.88 bits per heavy atom. The number of methoxy groups -OCH3 is 2. The molecule has 3 aromatic rings. The van der Waals surface area contributed by atoms with Crippen molar-refractivity contribution in [2.75, 3.05) is 56.8 Å². The van der Waals surface area contributed by atoms with Gasteiger partial charge in [0.05, 0.1) is 26.5 Å². The van der Waals surface area contributed by atoms with Gasteiger partial charge in [-0.15, -0.1) is 0 Å². The van der Waals surface area contributed by atoms with Gasteiger partial charge in [-0.25, -0.2) is 9.78 Å². The molecular formula is C24H25N5O4. The minimum absolute atomic E-state index is 0.270. The highest BCUT2D eigenvalue weighted by Crippen LogP contribution is 2.38. The van der Waals surface area contributed by atoms with E-state index < -0.39 is 5.97 Å². The lowest BCUT2D eigenvalue weighted by atomic mass is 10.1. The molecule has 9 nitrogen and oxygen atoms in total. The number of carbonyl (C=O) groups is 1. The summed E-state index contributed by atoms with van der Waals surface area (Å²) in [5, 5.41) is 9.91. The van der Waals surface area contributed by atoms with Crippen molar-refractivity contribution in [1.29, 1.82) is 5.26 Å². The summed E-state index contributed by atoms with van der Waals surface area (Å²) in [5.41, 5.74) is 2.18. The first kappa shape index (κ1) is 22.1. The number of rotatable bonds is 6. The predicted octanol–water partition coefficient (Wildman–Crippen LogP) is 3.02. The molecule has 4 rings (SSSR count). The van der Waals surface area contributed by atoms with Crippen molar-refractivity contribution in [3.63, 3.8) is 0 Å². The number of pyridine rings is 2. The van der Waals surface area contributed by atoms with Gasteiger partial charge in [-0.1, -0.05) is 6.07 Å². The molecule has 1 aromatic carbocycles. The van der Waals surface area contributed by atoms with Gasteiger partial charge < -0.3 is 24.0 Å². The molecular weight excluding hydrogens is 422 g/mol. The second-order valence-corrected chi connectivity index (χ2v) is 7.43. The zero-order valence-electron chi connectivity index (χ0n) is 18.9. The molecule has 0 bridgehead atoms. The van der Waals surface area contributed by atoms with Crippen LogP contribution in [0.1, 0.15) is 23.0 Å². The van der Waals surface area contributed by atoms with Crippen LogP contribution in [0.4, 0.5) is 11.5 Å². The molecule has 3 heterocycles. The molecule has 0 aliphatic carbocycles. The molecule has 0 radical (unpaired) electrons. The van der Waals surface area contributed by atoms with E-state index in [0.29, 0.717) is 54.5 Å². The van der Waals surface area contributed by atoms with Crippen LogP contribution < -0.4 is 19.3 Å². The molecule has 1 aliphatic heterocycles. The molecule has 0 unspecified atom stereocenters. The molecule has 0 amide bonds. The summed E-state index contributed by atoms with van der Waals surface area (Å²) in [6, 6.07) is 11.2. The topological polar surface area (TPSA) is 101 Å². The van der Waals surface area contributed by atoms with Gasteiger partial charge >= 0.3 is 5.97 Å². The van der Waals surface area contributed by atoms with E-state index in [1.165, 1.54) is 0 Å². The van der Waals surface area contributed by atoms with Crippen LogP contribution >= 0.6 is 0 Å². The van der Waals surface area contributed by atoms with Gasteiger partial charge in [0.1, 0.15) is 40.2 Å². The van der Waals surface area contributed by atoms with Gasteiger partial charge in [-0.3, -0.25) is 4.98 Å². The Bertz CT molecular complexity index is 1220. The van der Waals surface area contributed by atoms with Gasteiger partial charge in [0.15, 0.2) is 0 Å². The number of anilines is 2. The van der Waals surface area contributed by atoms with Crippen molar-refractivity contribution in [3.05, 3.63) is 47.8 Å². The molecule has 2 aromatic heterocycles. The Kier molecular flexibility index (Phi) is 6.45. The van der Waals surface area contributed by atoms with Gasteiger partial charge in [-0.2, -0.15) is 5.26 Å². The summed E-state index contributed by atoms with van der Waals surface area (Å²) in [7, 11) is 3.17. The van der Waals surface area contributed by atoms with E-state index in [-0.39, 0.29) is 6.61 Å². The van der Waals surface area contributed by atoms with Crippen molar-refractivity contribution >= 4 is 28.4 Å². The van der Waals surface area contributed by atoms with Crippen molar-refractivity contribution < 1.29 is 19.0 Å². The molecule has 1 aliphatic rings. The maximum absolute atomic E-state index is 12.8. The molecule has 9 heteroatoms. The van der Waals surface area contributed by atoms with E-state index in [4.69, 9.17) is 19.5 Å². The first-order valence-corrected chi connectivity index (χ1v) is 10.7. The Morgan fingerprint density at radius 1 is 1.12 bits per heavy atom. The fourth-order valence-electron chi connectivity index (χ4n) is 4.02. The molecule has 0 atom stereocenters. The predicted molar refractivity (Wildman–Crippen MR) is 124 cm³/mol. The SMILES string of the molecule is CCOC(=O)c1cnc2c(OC)cc(OC)cc2c1N1CCN(c2cccc(C#N)n2)CC1. The zero-order chi connectivity index (χ0) is 23.4. The average Bonchev–Trinajstić information content (AvgIpc) is 2.87. The van der Waals surface area contributed by atoms with Crippen LogP contribution in [0.25, 0.3) is 10.9 Å². The van der Waals surface area contributed by atoms with Crippen LogP contribution in [0.3, 0.4) is 0 Å². The van der Waals surface area contributed by atoms with Crippen LogP contribution in [-0.4, -0.2) is 62.9 Å². The van der Waals surface area contributed by atoms with Crippen LogP contribution in [-0.2, 0) is 4.74 Å². The third-order valence-electron chi connectivity index (χ3n) is 5.60. The first-order chi connectivity index (χ1) is 16.1. The molecule has 1 fully saturated rings. The normalized spacial score (nSPS) is 13.5. The number of benzene rings is 1. The highest BCUT2D eigenvalue weighted by Gasteiger charge is 2.27. The molecule has 1 saturated heterocycles. The van der Waals surface area contributed by atoms with E-state index in [1.54, 1.807) is 39.5 Å². The van der Waals surface area contributed by atoms with E-state index >= 15 is 0 Å². The smallest absolute Gasteiger partial charge is 0.341 e. The lowest BCUT2D eigenvalue weighted by Crippen LogP contribution is -2.47. The first-order valence-electron chi connectivity index (χ1n) is 10.7. The quantitative estimate of drug-likeness (QED) is 0.528. The number of esters is 1. The number of nitrogens with zero attached hydrogens (tertiary/aromatic N) is 5. The monoisotopic (exact) mass is 447 g/mol. The van der Waals surface area contributed by atoms with Crippen molar-refractivity contribution in [3.8, 4) is 17.6 Å². The lowest BCUT2D eigenvalue weighted by molar-refractivity contribution is 0.0526. The average molecular weight is 447 g/mol. The van der Waals surface area contributed by atoms with Crippen LogP contribution in [0.2, 0.25) is 0 Å². The number of piperazine rings is 1. The Morgan fingerprint density at radius 3 is 2.55 bits per heavy atom. The van der Waals surface area contributed by atoms with Gasteiger partial charge in [0, 0.05) is 43.8 Å². The van der Waals surface area contributed by atoms with Gasteiger partial charge in [-0.05, 0) is 25.1 Å². The maximum Gasteiger partial charge on any atom is 0.341 e. The number of fused-ring (bicyclic) bond motifs is 1. The third-order valence-corrected chi connectivity index (χ3v) is 5.60. The van der Waals surface area contributed by atoms with Crippen LogP contribution in [0.15, 0.2) is 36.5 Å². The van der Waals surface area contributed by atoms with E-state index in [1.807, 2.05) is 18.2 Å². The summed E-state index contributed by atoms with van der Waals surface area (Å²) in [5.74, 6) is 1.52. The van der Waals surface area contributed by atoms with Gasteiger partial charge in [0.25, 0.3) is 0 Å². The highest BCUT2D eigenvalue weighted by atomic mass is 16.5. The fraction of sp³-hybridized carbons (Fsp3) is 0.333. The number of nitriles is 1. The summed E-state index contributed by atoms with van der Waals surface area (Å²) in [6.07, 6.45) is 1.55. The largest absolute Gasteiger partial charge is 0.497 e. The number of hydrogen-bond donors (Lipinski definition) is 0. The van der Waals surface area contributed by atoms with Crippen LogP contribution in [0.5, 0.6) is 11.5 Å². The lowest BCUT2D eigenvalue weighted by Gasteiger charge is -2.37. The van der Waals surface area contributed by atoms with Gasteiger partial charge in [0.2, 0.25) is 0 Å². The second kappa shape index (κ2) is 9.61. The Hall–Kier alpha value is -4.06. The second-order valence-electron chi connectivity index (χ2n) is 7.43. The summed E-state index contributed by atoms with van der Waals surface area (Å²) in [6.45, 7) is 4.68. The minimum Gasteiger partial charge on any atom is -0.497 e. The molecule has 0 saturated carbocycles. The molecule has 33 heavy (non-hydrogen) atoms. The Balaban J connectivity index is 1.74. The maximum atomic E-state index is 12.8. The number of carbonyl (C=O) groups excluding carboxylic acids is 1. The zero-order valence-corrected chi connectivity index (χ0v) is 18.9. The number of aromatic nitrogens is 2. The summed E-state index contributed by atoms with van der Waals surface area (Å²) < 4.78 is 16.3. The van der Waals surface area contributed by atoms with E-state index in [9.17, 15) is 4.79 Å².